The van der Waals surface area contributed by atoms with Gasteiger partial charge >= 0.3 is 0 Å². The monoisotopic (exact) mass is 352 g/mol. The average molecular weight is 352 g/mol. The molecule has 0 bridgehead atoms. The van der Waals surface area contributed by atoms with Crippen LogP contribution in [-0.2, 0) is 24.3 Å². The summed E-state index contributed by atoms with van der Waals surface area (Å²) >= 11 is 0. The van der Waals surface area contributed by atoms with Crippen molar-refractivity contribution < 1.29 is 4.79 Å². The number of hydrogen-bond acceptors (Lipinski definition) is 3. The lowest BCUT2D eigenvalue weighted by Gasteiger charge is -2.35. The third-order valence-electron chi connectivity index (χ3n) is 5.89. The van der Waals surface area contributed by atoms with Gasteiger partial charge in [-0.3, -0.25) is 4.79 Å². The fourth-order valence-electron chi connectivity index (χ4n) is 4.17. The summed E-state index contributed by atoms with van der Waals surface area (Å²) < 4.78 is 2.18. The Morgan fingerprint density at radius 3 is 2.65 bits per heavy atom. The summed E-state index contributed by atoms with van der Waals surface area (Å²) in [7, 11) is 0. The first-order chi connectivity index (χ1) is 12.8. The number of carbonyl (C=O) groups is 1. The van der Waals surface area contributed by atoms with E-state index >= 15 is 0 Å². The normalized spacial score (nSPS) is 19.7. The minimum absolute atomic E-state index is 0.139. The van der Waals surface area contributed by atoms with Crippen molar-refractivity contribution in [1.29, 1.82) is 0 Å². The number of fused-ring (bicyclic) bond motifs is 1. The number of nitrogens with zero attached hydrogens (tertiary/aromatic N) is 4. The maximum absolute atomic E-state index is 13.5. The standard InChI is InChI=1S/C21H28N4O/c1-2-19-22-23-20-18(12-7-13-25(19)20)21(26)24(15-17-10-6-11-17)14-16-8-4-3-5-9-16/h3-5,8-9,17-18H,2,6-7,10-15H2,1H3. The van der Waals surface area contributed by atoms with Crippen LogP contribution in [-0.4, -0.2) is 32.1 Å². The van der Waals surface area contributed by atoms with Crippen LogP contribution in [0.3, 0.4) is 0 Å². The lowest BCUT2D eigenvalue weighted by Crippen LogP contribution is -2.41. The summed E-state index contributed by atoms with van der Waals surface area (Å²) in [6.45, 7) is 4.61. The molecule has 1 saturated carbocycles. The van der Waals surface area contributed by atoms with Gasteiger partial charge < -0.3 is 9.47 Å². The summed E-state index contributed by atoms with van der Waals surface area (Å²) in [6, 6.07) is 10.3. The molecule has 1 aliphatic carbocycles. The van der Waals surface area contributed by atoms with Crippen LogP contribution in [0.5, 0.6) is 0 Å². The first-order valence-corrected chi connectivity index (χ1v) is 10.0. The Labute approximate surface area is 155 Å². The molecule has 4 rings (SSSR count). The quantitative estimate of drug-likeness (QED) is 0.799. The van der Waals surface area contributed by atoms with Gasteiger partial charge in [-0.1, -0.05) is 43.7 Å². The zero-order valence-electron chi connectivity index (χ0n) is 15.6. The van der Waals surface area contributed by atoms with Gasteiger partial charge in [0.25, 0.3) is 0 Å². The highest BCUT2D eigenvalue weighted by Gasteiger charge is 2.34. The molecule has 1 atom stereocenters. The molecule has 0 N–H and O–H groups in total. The van der Waals surface area contributed by atoms with Crippen LogP contribution < -0.4 is 0 Å². The van der Waals surface area contributed by atoms with Gasteiger partial charge in [0, 0.05) is 26.1 Å². The van der Waals surface area contributed by atoms with E-state index in [1.807, 2.05) is 18.2 Å². The molecule has 5 nitrogen and oxygen atoms in total. The zero-order valence-corrected chi connectivity index (χ0v) is 15.6. The minimum Gasteiger partial charge on any atom is -0.337 e. The van der Waals surface area contributed by atoms with E-state index in [-0.39, 0.29) is 11.8 Å². The molecular formula is C21H28N4O. The Morgan fingerprint density at radius 1 is 1.15 bits per heavy atom. The topological polar surface area (TPSA) is 51.0 Å². The van der Waals surface area contributed by atoms with Crippen molar-refractivity contribution in [2.45, 2.75) is 64.5 Å². The van der Waals surface area contributed by atoms with E-state index in [9.17, 15) is 4.79 Å². The molecule has 2 heterocycles. The first kappa shape index (κ1) is 17.3. The van der Waals surface area contributed by atoms with Crippen LogP contribution in [0, 0.1) is 5.92 Å². The molecule has 5 heteroatoms. The summed E-state index contributed by atoms with van der Waals surface area (Å²) in [5.74, 6) is 2.64. The average Bonchev–Trinajstić information content (AvgIpc) is 3.07. The van der Waals surface area contributed by atoms with Crippen LogP contribution in [0.4, 0.5) is 0 Å². The third-order valence-corrected chi connectivity index (χ3v) is 5.89. The number of benzene rings is 1. The second-order valence-electron chi connectivity index (χ2n) is 7.68. The highest BCUT2D eigenvalue weighted by molar-refractivity contribution is 5.83. The molecule has 2 aliphatic rings. The zero-order chi connectivity index (χ0) is 17.9. The van der Waals surface area contributed by atoms with Crippen LogP contribution in [0.15, 0.2) is 30.3 Å². The molecule has 138 valence electrons. The predicted octanol–water partition coefficient (Wildman–Crippen LogP) is 3.55. The molecule has 1 amide bonds. The van der Waals surface area contributed by atoms with Crippen LogP contribution in [0.1, 0.15) is 62.2 Å². The second kappa shape index (κ2) is 7.60. The first-order valence-electron chi connectivity index (χ1n) is 10.0. The molecule has 1 aromatic carbocycles. The molecule has 0 radical (unpaired) electrons. The van der Waals surface area contributed by atoms with Gasteiger partial charge in [0.05, 0.1) is 5.92 Å². The molecule has 1 fully saturated rings. The van der Waals surface area contributed by atoms with Gasteiger partial charge in [0.15, 0.2) is 0 Å². The van der Waals surface area contributed by atoms with Crippen molar-refractivity contribution in [2.75, 3.05) is 6.54 Å². The molecule has 1 unspecified atom stereocenters. The van der Waals surface area contributed by atoms with Gasteiger partial charge in [0.2, 0.25) is 5.91 Å². The predicted molar refractivity (Wildman–Crippen MR) is 101 cm³/mol. The van der Waals surface area contributed by atoms with Crippen molar-refractivity contribution in [3.05, 3.63) is 47.5 Å². The highest BCUT2D eigenvalue weighted by atomic mass is 16.2. The van der Waals surface area contributed by atoms with Crippen molar-refractivity contribution in [2.24, 2.45) is 5.92 Å². The second-order valence-corrected chi connectivity index (χ2v) is 7.68. The van der Waals surface area contributed by atoms with E-state index in [1.54, 1.807) is 0 Å². The number of amides is 1. The number of aryl methyl sites for hydroxylation is 1. The van der Waals surface area contributed by atoms with Crippen molar-refractivity contribution in [1.82, 2.24) is 19.7 Å². The van der Waals surface area contributed by atoms with Crippen molar-refractivity contribution in [3.63, 3.8) is 0 Å². The molecule has 2 aromatic rings. The van der Waals surface area contributed by atoms with E-state index in [0.717, 1.165) is 44.0 Å². The third kappa shape index (κ3) is 3.39. The molecule has 1 aromatic heterocycles. The fraction of sp³-hybridized carbons (Fsp3) is 0.571. The Bertz CT molecular complexity index is 751. The maximum Gasteiger partial charge on any atom is 0.233 e. The number of carbonyl (C=O) groups excluding carboxylic acids is 1. The number of rotatable bonds is 6. The Hall–Kier alpha value is -2.17. The molecular weight excluding hydrogens is 324 g/mol. The van der Waals surface area contributed by atoms with Gasteiger partial charge in [-0.2, -0.15) is 0 Å². The van der Waals surface area contributed by atoms with Crippen LogP contribution in [0.25, 0.3) is 0 Å². The molecule has 0 spiro atoms. The highest BCUT2D eigenvalue weighted by Crippen LogP contribution is 2.32. The lowest BCUT2D eigenvalue weighted by atomic mass is 9.84. The smallest absolute Gasteiger partial charge is 0.233 e. The summed E-state index contributed by atoms with van der Waals surface area (Å²) in [6.07, 6.45) is 6.58. The van der Waals surface area contributed by atoms with E-state index in [2.05, 4.69) is 38.7 Å². The van der Waals surface area contributed by atoms with E-state index < -0.39 is 0 Å². The fourth-order valence-corrected chi connectivity index (χ4v) is 4.17. The van der Waals surface area contributed by atoms with Crippen LogP contribution in [0.2, 0.25) is 0 Å². The SMILES string of the molecule is CCc1nnc2n1CCCC2C(=O)N(Cc1ccccc1)CC1CCC1. The minimum atomic E-state index is -0.139. The van der Waals surface area contributed by atoms with E-state index in [4.69, 9.17) is 0 Å². The van der Waals surface area contributed by atoms with Gasteiger partial charge in [-0.15, -0.1) is 10.2 Å². The molecule has 0 saturated heterocycles. The number of aromatic nitrogens is 3. The Kier molecular flexibility index (Phi) is 5.05. The molecule has 26 heavy (non-hydrogen) atoms. The van der Waals surface area contributed by atoms with Crippen molar-refractivity contribution >= 4 is 5.91 Å². The lowest BCUT2D eigenvalue weighted by molar-refractivity contribution is -0.135. The van der Waals surface area contributed by atoms with Gasteiger partial charge in [-0.05, 0) is 37.2 Å². The Balaban J connectivity index is 1.57. The summed E-state index contributed by atoms with van der Waals surface area (Å²) in [4.78, 5) is 15.6. The van der Waals surface area contributed by atoms with Crippen LogP contribution >= 0.6 is 0 Å². The van der Waals surface area contributed by atoms with Crippen molar-refractivity contribution in [3.8, 4) is 0 Å². The van der Waals surface area contributed by atoms with Gasteiger partial charge in [-0.25, -0.2) is 0 Å². The number of hydrogen-bond donors (Lipinski definition) is 0. The van der Waals surface area contributed by atoms with Gasteiger partial charge in [0.1, 0.15) is 11.6 Å². The Morgan fingerprint density at radius 2 is 1.96 bits per heavy atom. The largest absolute Gasteiger partial charge is 0.337 e. The van der Waals surface area contributed by atoms with E-state index in [0.29, 0.717) is 12.5 Å². The summed E-state index contributed by atoms with van der Waals surface area (Å²) in [5.41, 5.74) is 1.20. The van der Waals surface area contributed by atoms with E-state index in [1.165, 1.54) is 24.8 Å². The molecule has 1 aliphatic heterocycles. The maximum atomic E-state index is 13.5. The summed E-state index contributed by atoms with van der Waals surface area (Å²) in [5, 5.41) is 8.72.